The lowest BCUT2D eigenvalue weighted by Crippen LogP contribution is -2.17. The standard InChI is InChI=1S/C19H14N4OS/c24-18(22-17-11-10-13-6-4-5-9-15(13)21-17)16-12-20-19(25)23(16)14-7-2-1-3-8-14/h1-12H,(H,20,25)(H,21,22,24). The number of carbonyl (C=O) groups is 1. The molecule has 0 spiro atoms. The summed E-state index contributed by atoms with van der Waals surface area (Å²) in [4.78, 5) is 20.1. The summed E-state index contributed by atoms with van der Waals surface area (Å²) in [7, 11) is 0. The van der Waals surface area contributed by atoms with E-state index in [1.54, 1.807) is 16.8 Å². The molecule has 0 saturated carbocycles. The average Bonchev–Trinajstić information content (AvgIpc) is 3.04. The predicted octanol–water partition coefficient (Wildman–Crippen LogP) is 4.34. The second kappa shape index (κ2) is 6.33. The number of para-hydroxylation sites is 2. The molecule has 4 rings (SSSR count). The maximum Gasteiger partial charge on any atom is 0.275 e. The van der Waals surface area contributed by atoms with Gasteiger partial charge in [-0.25, -0.2) is 4.98 Å². The third-order valence-corrected chi connectivity index (χ3v) is 4.16. The first kappa shape index (κ1) is 15.3. The Labute approximate surface area is 149 Å². The summed E-state index contributed by atoms with van der Waals surface area (Å²) < 4.78 is 2.16. The number of carbonyl (C=O) groups excluding carboxylic acids is 1. The molecule has 6 heteroatoms. The molecule has 0 saturated heterocycles. The van der Waals surface area contributed by atoms with Crippen molar-refractivity contribution in [1.29, 1.82) is 0 Å². The molecule has 0 unspecified atom stereocenters. The van der Waals surface area contributed by atoms with Gasteiger partial charge in [-0.1, -0.05) is 36.4 Å². The van der Waals surface area contributed by atoms with Crippen molar-refractivity contribution < 1.29 is 4.79 Å². The molecule has 2 heterocycles. The van der Waals surface area contributed by atoms with Gasteiger partial charge in [0.1, 0.15) is 11.5 Å². The first-order valence-electron chi connectivity index (χ1n) is 7.75. The fourth-order valence-corrected chi connectivity index (χ4v) is 2.95. The van der Waals surface area contributed by atoms with Gasteiger partial charge in [0.05, 0.1) is 5.52 Å². The molecule has 0 bridgehead atoms. The van der Waals surface area contributed by atoms with Crippen LogP contribution in [0.4, 0.5) is 5.82 Å². The van der Waals surface area contributed by atoms with Gasteiger partial charge in [-0.15, -0.1) is 0 Å². The van der Waals surface area contributed by atoms with Gasteiger partial charge < -0.3 is 10.3 Å². The third kappa shape index (κ3) is 2.95. The summed E-state index contributed by atoms with van der Waals surface area (Å²) >= 11 is 5.31. The second-order valence-corrected chi connectivity index (χ2v) is 5.88. The zero-order valence-corrected chi connectivity index (χ0v) is 14.0. The Morgan fingerprint density at radius 1 is 1.00 bits per heavy atom. The molecule has 0 aliphatic rings. The van der Waals surface area contributed by atoms with E-state index in [0.717, 1.165) is 16.6 Å². The highest BCUT2D eigenvalue weighted by molar-refractivity contribution is 7.71. The van der Waals surface area contributed by atoms with Crippen molar-refractivity contribution in [2.24, 2.45) is 0 Å². The van der Waals surface area contributed by atoms with E-state index in [2.05, 4.69) is 15.3 Å². The van der Waals surface area contributed by atoms with Gasteiger partial charge in [-0.05, 0) is 42.5 Å². The van der Waals surface area contributed by atoms with Gasteiger partial charge in [0, 0.05) is 17.3 Å². The van der Waals surface area contributed by atoms with E-state index in [0.29, 0.717) is 16.3 Å². The Morgan fingerprint density at radius 2 is 1.76 bits per heavy atom. The van der Waals surface area contributed by atoms with E-state index >= 15 is 0 Å². The van der Waals surface area contributed by atoms with Crippen LogP contribution in [0.3, 0.4) is 0 Å². The molecule has 2 aromatic carbocycles. The molecule has 0 aliphatic carbocycles. The SMILES string of the molecule is O=C(Nc1ccc2ccccc2n1)c1c[nH]c(=S)n1-c1ccccc1. The minimum atomic E-state index is -0.279. The van der Waals surface area contributed by atoms with E-state index in [9.17, 15) is 4.79 Å². The highest BCUT2D eigenvalue weighted by Gasteiger charge is 2.15. The third-order valence-electron chi connectivity index (χ3n) is 3.86. The molecule has 0 fully saturated rings. The quantitative estimate of drug-likeness (QED) is 0.543. The first-order chi connectivity index (χ1) is 12.2. The summed E-state index contributed by atoms with van der Waals surface area (Å²) in [6.45, 7) is 0. The number of fused-ring (bicyclic) bond motifs is 1. The van der Waals surface area contributed by atoms with Gasteiger partial charge in [0.25, 0.3) is 5.91 Å². The normalized spacial score (nSPS) is 10.7. The minimum Gasteiger partial charge on any atom is -0.336 e. The predicted molar refractivity (Wildman–Crippen MR) is 101 cm³/mol. The number of pyridine rings is 1. The Morgan fingerprint density at radius 3 is 2.60 bits per heavy atom. The van der Waals surface area contributed by atoms with Crippen LogP contribution in [0.15, 0.2) is 72.9 Å². The summed E-state index contributed by atoms with van der Waals surface area (Å²) in [5.41, 5.74) is 2.07. The highest BCUT2D eigenvalue weighted by atomic mass is 32.1. The van der Waals surface area contributed by atoms with Crippen LogP contribution in [0.25, 0.3) is 16.6 Å². The molecule has 0 aliphatic heterocycles. The molecule has 0 radical (unpaired) electrons. The molecular formula is C19H14N4OS. The smallest absolute Gasteiger partial charge is 0.275 e. The zero-order valence-electron chi connectivity index (χ0n) is 13.1. The van der Waals surface area contributed by atoms with Crippen LogP contribution in [0.2, 0.25) is 0 Å². The molecule has 25 heavy (non-hydrogen) atoms. The number of rotatable bonds is 3. The molecule has 4 aromatic rings. The summed E-state index contributed by atoms with van der Waals surface area (Å²) in [5.74, 6) is 0.217. The monoisotopic (exact) mass is 346 g/mol. The van der Waals surface area contributed by atoms with Crippen LogP contribution >= 0.6 is 12.2 Å². The molecule has 0 atom stereocenters. The number of imidazole rings is 1. The number of anilines is 1. The number of nitrogens with one attached hydrogen (secondary N) is 2. The maximum absolute atomic E-state index is 12.7. The van der Waals surface area contributed by atoms with Gasteiger partial charge >= 0.3 is 0 Å². The van der Waals surface area contributed by atoms with Crippen LogP contribution in [0.1, 0.15) is 10.5 Å². The molecular weight excluding hydrogens is 332 g/mol. The fourth-order valence-electron chi connectivity index (χ4n) is 2.69. The summed E-state index contributed by atoms with van der Waals surface area (Å²) in [6, 6.07) is 21.0. The molecule has 2 N–H and O–H groups in total. The highest BCUT2D eigenvalue weighted by Crippen LogP contribution is 2.17. The molecule has 122 valence electrons. The Kier molecular flexibility index (Phi) is 3.87. The van der Waals surface area contributed by atoms with Crippen molar-refractivity contribution in [3.05, 3.63) is 83.4 Å². The minimum absolute atomic E-state index is 0.279. The van der Waals surface area contributed by atoms with E-state index < -0.39 is 0 Å². The number of benzene rings is 2. The number of aromatic nitrogens is 3. The largest absolute Gasteiger partial charge is 0.336 e. The lowest BCUT2D eigenvalue weighted by molar-refractivity contribution is 0.102. The summed E-state index contributed by atoms with van der Waals surface area (Å²) in [5, 5.41) is 3.86. The van der Waals surface area contributed by atoms with Crippen LogP contribution in [0.5, 0.6) is 0 Å². The topological polar surface area (TPSA) is 62.7 Å². The Hall–Kier alpha value is -3.25. The summed E-state index contributed by atoms with van der Waals surface area (Å²) in [6.07, 6.45) is 1.60. The van der Waals surface area contributed by atoms with E-state index in [4.69, 9.17) is 12.2 Å². The van der Waals surface area contributed by atoms with Crippen LogP contribution in [-0.2, 0) is 0 Å². The van der Waals surface area contributed by atoms with E-state index in [-0.39, 0.29) is 5.91 Å². The van der Waals surface area contributed by atoms with Crippen molar-refractivity contribution in [2.75, 3.05) is 5.32 Å². The first-order valence-corrected chi connectivity index (χ1v) is 8.16. The number of nitrogens with zero attached hydrogens (tertiary/aromatic N) is 2. The fraction of sp³-hybridized carbons (Fsp3) is 0. The van der Waals surface area contributed by atoms with Crippen LogP contribution in [0, 0.1) is 4.77 Å². The molecule has 1 amide bonds. The molecule has 2 aromatic heterocycles. The lowest BCUT2D eigenvalue weighted by Gasteiger charge is -2.09. The van der Waals surface area contributed by atoms with Crippen LogP contribution < -0.4 is 5.32 Å². The Bertz CT molecular complexity index is 1110. The van der Waals surface area contributed by atoms with E-state index in [1.807, 2.05) is 60.7 Å². The van der Waals surface area contributed by atoms with Crippen molar-refractivity contribution in [3.8, 4) is 5.69 Å². The number of aromatic amines is 1. The number of hydrogen-bond acceptors (Lipinski definition) is 3. The molecule has 5 nitrogen and oxygen atoms in total. The van der Waals surface area contributed by atoms with E-state index in [1.165, 1.54) is 0 Å². The van der Waals surface area contributed by atoms with Gasteiger partial charge in [-0.3, -0.25) is 9.36 Å². The number of hydrogen-bond donors (Lipinski definition) is 2. The second-order valence-electron chi connectivity index (χ2n) is 5.49. The number of amides is 1. The van der Waals surface area contributed by atoms with Crippen molar-refractivity contribution in [2.45, 2.75) is 0 Å². The van der Waals surface area contributed by atoms with Crippen molar-refractivity contribution in [3.63, 3.8) is 0 Å². The van der Waals surface area contributed by atoms with Gasteiger partial charge in [0.2, 0.25) is 0 Å². The zero-order chi connectivity index (χ0) is 17.2. The Balaban J connectivity index is 1.68. The van der Waals surface area contributed by atoms with Gasteiger partial charge in [-0.2, -0.15) is 0 Å². The number of H-pyrrole nitrogens is 1. The van der Waals surface area contributed by atoms with Crippen molar-refractivity contribution >= 4 is 34.8 Å². The maximum atomic E-state index is 12.7. The van der Waals surface area contributed by atoms with Crippen molar-refractivity contribution in [1.82, 2.24) is 14.5 Å². The van der Waals surface area contributed by atoms with Gasteiger partial charge in [0.15, 0.2) is 4.77 Å². The average molecular weight is 346 g/mol. The lowest BCUT2D eigenvalue weighted by atomic mass is 10.2. The van der Waals surface area contributed by atoms with Crippen LogP contribution in [-0.4, -0.2) is 20.4 Å².